The van der Waals surface area contributed by atoms with Gasteiger partial charge in [0, 0.05) is 54.0 Å². The van der Waals surface area contributed by atoms with Gasteiger partial charge in [0.1, 0.15) is 0 Å². The first-order valence-electron chi connectivity index (χ1n) is 17.5. The first-order valence-corrected chi connectivity index (χ1v) is 18.3. The largest absolute Gasteiger partial charge is 0.312 e. The van der Waals surface area contributed by atoms with Crippen LogP contribution in [0.25, 0.3) is 75.7 Å². The quantitative estimate of drug-likeness (QED) is 0.177. The molecule has 232 valence electrons. The molecule has 6 aromatic carbocycles. The standard InChI is InChI=1S/C46H32N2S/c1-46(2)34-18-9-6-15-27(34)30-23-33-39(25-35(30)46)47(26-13-4-3-5-14-26)37-20-12-21-38(42(33)37)48-36-19-10-7-16-28(36)43-44(48)32-24-31(32)41-29-17-8-11-22-40(29)49-45(41)43/h3-23,25,31-32H,24H2,1-2H3. The summed E-state index contributed by atoms with van der Waals surface area (Å²) in [4.78, 5) is 1.49. The van der Waals surface area contributed by atoms with Gasteiger partial charge in [0.2, 0.25) is 0 Å². The van der Waals surface area contributed by atoms with E-state index < -0.39 is 0 Å². The van der Waals surface area contributed by atoms with Crippen LogP contribution in [-0.2, 0) is 5.41 Å². The van der Waals surface area contributed by atoms with Crippen molar-refractivity contribution in [1.82, 2.24) is 9.13 Å². The van der Waals surface area contributed by atoms with Gasteiger partial charge in [-0.25, -0.2) is 0 Å². The third-order valence-electron chi connectivity index (χ3n) is 12.0. The van der Waals surface area contributed by atoms with Gasteiger partial charge in [0.25, 0.3) is 0 Å². The van der Waals surface area contributed by atoms with Crippen molar-refractivity contribution in [2.45, 2.75) is 37.5 Å². The number of rotatable bonds is 2. The van der Waals surface area contributed by atoms with Crippen molar-refractivity contribution in [2.24, 2.45) is 0 Å². The molecule has 1 saturated carbocycles. The van der Waals surface area contributed by atoms with Gasteiger partial charge >= 0.3 is 0 Å². The van der Waals surface area contributed by atoms with E-state index in [2.05, 4.69) is 156 Å². The van der Waals surface area contributed by atoms with Crippen LogP contribution in [-0.4, -0.2) is 9.13 Å². The highest BCUT2D eigenvalue weighted by Gasteiger charge is 2.50. The highest BCUT2D eigenvalue weighted by molar-refractivity contribution is 7.22. The van der Waals surface area contributed by atoms with Crippen molar-refractivity contribution in [2.75, 3.05) is 0 Å². The van der Waals surface area contributed by atoms with Gasteiger partial charge in [-0.2, -0.15) is 0 Å². The zero-order chi connectivity index (χ0) is 32.2. The van der Waals surface area contributed by atoms with E-state index >= 15 is 0 Å². The SMILES string of the molecule is CC1(C)c2ccccc2-c2cc3c4c(-n5c6c(c7ccccc75)-c5sc7ccccc7c5C5CC65)cccc4n(-c4ccccc4)c3cc21. The molecule has 0 radical (unpaired) electrons. The molecule has 0 spiro atoms. The fourth-order valence-electron chi connectivity index (χ4n) is 9.83. The Morgan fingerprint density at radius 3 is 2.24 bits per heavy atom. The van der Waals surface area contributed by atoms with E-state index in [9.17, 15) is 0 Å². The van der Waals surface area contributed by atoms with E-state index in [-0.39, 0.29) is 5.41 Å². The Morgan fingerprint density at radius 2 is 1.35 bits per heavy atom. The molecule has 9 aromatic rings. The van der Waals surface area contributed by atoms with Crippen LogP contribution in [0.5, 0.6) is 0 Å². The molecule has 3 heteroatoms. The fraction of sp³-hybridized carbons (Fsp3) is 0.130. The minimum atomic E-state index is -0.0699. The van der Waals surface area contributed by atoms with E-state index in [4.69, 9.17) is 0 Å². The van der Waals surface area contributed by atoms with Crippen LogP contribution in [0, 0.1) is 0 Å². The van der Waals surface area contributed by atoms with E-state index in [0.29, 0.717) is 11.8 Å². The number of para-hydroxylation sites is 2. The molecule has 3 aromatic heterocycles. The first kappa shape index (κ1) is 26.6. The minimum Gasteiger partial charge on any atom is -0.312 e. The van der Waals surface area contributed by atoms with Crippen LogP contribution < -0.4 is 0 Å². The molecule has 2 nitrogen and oxygen atoms in total. The lowest BCUT2D eigenvalue weighted by Gasteiger charge is -2.21. The van der Waals surface area contributed by atoms with E-state index in [1.807, 2.05) is 11.3 Å². The predicted molar refractivity (Wildman–Crippen MR) is 206 cm³/mol. The van der Waals surface area contributed by atoms with Gasteiger partial charge in [-0.15, -0.1) is 11.3 Å². The molecular weight excluding hydrogens is 613 g/mol. The second-order valence-corrected chi connectivity index (χ2v) is 15.9. The van der Waals surface area contributed by atoms with Crippen LogP contribution in [0.2, 0.25) is 0 Å². The molecule has 3 aliphatic carbocycles. The molecule has 1 fully saturated rings. The molecular formula is C46H32N2S. The first-order chi connectivity index (χ1) is 24.1. The summed E-state index contributed by atoms with van der Waals surface area (Å²) in [6.07, 6.45) is 1.22. The van der Waals surface area contributed by atoms with E-state index in [0.717, 1.165) is 0 Å². The lowest BCUT2D eigenvalue weighted by Crippen LogP contribution is -2.14. The average Bonchev–Trinajstić information content (AvgIpc) is 3.46. The maximum absolute atomic E-state index is 2.67. The number of hydrogen-bond donors (Lipinski definition) is 0. The van der Waals surface area contributed by atoms with Gasteiger partial charge < -0.3 is 9.13 Å². The lowest BCUT2D eigenvalue weighted by atomic mass is 9.82. The van der Waals surface area contributed by atoms with Gasteiger partial charge in [0.05, 0.1) is 22.2 Å². The molecule has 3 heterocycles. The smallest absolute Gasteiger partial charge is 0.0562 e. The predicted octanol–water partition coefficient (Wildman–Crippen LogP) is 12.5. The number of fused-ring (bicyclic) bond motifs is 16. The third-order valence-corrected chi connectivity index (χ3v) is 13.2. The van der Waals surface area contributed by atoms with Crippen molar-refractivity contribution in [3.05, 3.63) is 156 Å². The van der Waals surface area contributed by atoms with Crippen LogP contribution in [0.4, 0.5) is 0 Å². The van der Waals surface area contributed by atoms with E-state index in [1.165, 1.54) is 99.0 Å². The number of aromatic nitrogens is 2. The molecule has 12 rings (SSSR count). The van der Waals surface area contributed by atoms with Gasteiger partial charge in [-0.05, 0) is 94.1 Å². The molecule has 0 bridgehead atoms. The Hall–Kier alpha value is -5.38. The summed E-state index contributed by atoms with van der Waals surface area (Å²) in [5, 5.41) is 5.48. The Labute approximate surface area is 288 Å². The second-order valence-electron chi connectivity index (χ2n) is 14.8. The number of benzene rings is 6. The Balaban J connectivity index is 1.24. The van der Waals surface area contributed by atoms with Gasteiger partial charge in [0.15, 0.2) is 0 Å². The summed E-state index contributed by atoms with van der Waals surface area (Å²) in [6, 6.07) is 50.2. The Bertz CT molecular complexity index is 2900. The van der Waals surface area contributed by atoms with Crippen molar-refractivity contribution in [3.8, 4) is 32.9 Å². The third kappa shape index (κ3) is 3.23. The van der Waals surface area contributed by atoms with Crippen molar-refractivity contribution >= 4 is 54.1 Å². The van der Waals surface area contributed by atoms with Crippen LogP contribution in [0.1, 0.15) is 54.5 Å². The minimum absolute atomic E-state index is 0.0699. The summed E-state index contributed by atoms with van der Waals surface area (Å²) >= 11 is 1.99. The van der Waals surface area contributed by atoms with Crippen LogP contribution >= 0.6 is 11.3 Å². The molecule has 3 aliphatic rings. The topological polar surface area (TPSA) is 9.86 Å². The average molecular weight is 645 g/mol. The molecule has 0 saturated heterocycles. The maximum Gasteiger partial charge on any atom is 0.0562 e. The maximum atomic E-state index is 2.67. The van der Waals surface area contributed by atoms with Crippen LogP contribution in [0.15, 0.2) is 133 Å². The fourth-order valence-corrected chi connectivity index (χ4v) is 11.2. The summed E-state index contributed by atoms with van der Waals surface area (Å²) in [5.74, 6) is 1.12. The van der Waals surface area contributed by atoms with Crippen molar-refractivity contribution in [3.63, 3.8) is 0 Å². The number of thiophene rings is 1. The number of nitrogens with zero attached hydrogens (tertiary/aromatic N) is 2. The normalized spacial score (nSPS) is 18.1. The highest BCUT2D eigenvalue weighted by Crippen LogP contribution is 2.67. The number of hydrogen-bond acceptors (Lipinski definition) is 1. The summed E-state index contributed by atoms with van der Waals surface area (Å²) < 4.78 is 6.59. The summed E-state index contributed by atoms with van der Waals surface area (Å²) in [7, 11) is 0. The zero-order valence-corrected chi connectivity index (χ0v) is 28.2. The summed E-state index contributed by atoms with van der Waals surface area (Å²) in [6.45, 7) is 4.77. The van der Waals surface area contributed by atoms with Gasteiger partial charge in [-0.3, -0.25) is 0 Å². The molecule has 2 atom stereocenters. The lowest BCUT2D eigenvalue weighted by molar-refractivity contribution is 0.661. The highest BCUT2D eigenvalue weighted by atomic mass is 32.1. The molecule has 2 unspecified atom stereocenters. The summed E-state index contributed by atoms with van der Waals surface area (Å²) in [5.41, 5.74) is 16.4. The zero-order valence-electron chi connectivity index (χ0n) is 27.4. The second kappa shape index (κ2) is 8.99. The Morgan fingerprint density at radius 1 is 0.592 bits per heavy atom. The molecule has 49 heavy (non-hydrogen) atoms. The molecule has 0 amide bonds. The molecule has 0 aliphatic heterocycles. The molecule has 0 N–H and O–H groups in total. The van der Waals surface area contributed by atoms with Gasteiger partial charge in [-0.1, -0.05) is 98.8 Å². The van der Waals surface area contributed by atoms with Crippen LogP contribution in [0.3, 0.4) is 0 Å². The van der Waals surface area contributed by atoms with Crippen molar-refractivity contribution in [1.29, 1.82) is 0 Å². The van der Waals surface area contributed by atoms with E-state index in [1.54, 1.807) is 5.56 Å². The monoisotopic (exact) mass is 644 g/mol. The Kier molecular flexibility index (Phi) is 4.87. The van der Waals surface area contributed by atoms with Crippen molar-refractivity contribution < 1.29 is 0 Å².